The molecular weight excluding hydrogens is 206 g/mol. The van der Waals surface area contributed by atoms with E-state index in [-0.39, 0.29) is 5.04 Å². The van der Waals surface area contributed by atoms with Gasteiger partial charge in [-0.05, 0) is 6.85 Å². The minimum atomic E-state index is -2.34. The Kier molecular flexibility index (Phi) is 1.94. The van der Waals surface area contributed by atoms with Crippen LogP contribution in [0.25, 0.3) is 0 Å². The van der Waals surface area contributed by atoms with E-state index in [2.05, 4.69) is 4.99 Å². The monoisotopic (exact) mass is 222 g/mol. The Morgan fingerprint density at radius 1 is 1.57 bits per heavy atom. The zero-order valence-electron chi connectivity index (χ0n) is 10.2. The molecule has 0 saturated carbocycles. The van der Waals surface area contributed by atoms with Crippen molar-refractivity contribution in [3.8, 4) is 0 Å². The highest BCUT2D eigenvalue weighted by molar-refractivity contribution is 8.14. The van der Waals surface area contributed by atoms with Crippen molar-refractivity contribution in [3.05, 3.63) is 0 Å². The van der Waals surface area contributed by atoms with Crippen LogP contribution < -0.4 is 0 Å². The van der Waals surface area contributed by atoms with Crippen molar-refractivity contribution < 1.29 is 24.2 Å². The fourth-order valence-corrected chi connectivity index (χ4v) is 2.54. The zero-order chi connectivity index (χ0) is 12.8. The molecular formula is C8H13NO4S. The van der Waals surface area contributed by atoms with Crippen LogP contribution in [-0.4, -0.2) is 56.8 Å². The van der Waals surface area contributed by atoms with E-state index >= 15 is 0 Å². The highest BCUT2D eigenvalue weighted by atomic mass is 32.2. The first-order chi connectivity index (χ1) is 7.84. The topological polar surface area (TPSA) is 82.3 Å². The molecule has 0 amide bonds. The van der Waals surface area contributed by atoms with Gasteiger partial charge in [0, 0.05) is 4.11 Å². The lowest BCUT2D eigenvalue weighted by molar-refractivity contribution is -0.164. The van der Waals surface area contributed by atoms with E-state index in [1.54, 1.807) is 0 Å². The quantitative estimate of drug-likeness (QED) is 0.528. The Labute approximate surface area is 90.0 Å². The molecule has 0 radical (unpaired) electrons. The van der Waals surface area contributed by atoms with Crippen LogP contribution in [0.2, 0.25) is 0 Å². The van der Waals surface area contributed by atoms with E-state index in [1.165, 1.54) is 0 Å². The molecule has 0 aliphatic carbocycles. The molecule has 0 bridgehead atoms. The van der Waals surface area contributed by atoms with Crippen LogP contribution in [0.3, 0.4) is 0 Å². The second-order valence-electron chi connectivity index (χ2n) is 3.25. The highest BCUT2D eigenvalue weighted by Gasteiger charge is 2.47. The maximum Gasteiger partial charge on any atom is 0.134 e. The lowest BCUT2D eigenvalue weighted by Gasteiger charge is -2.37. The Morgan fingerprint density at radius 2 is 2.36 bits per heavy atom. The number of aliphatic hydroxyl groups is 3. The van der Waals surface area contributed by atoms with Crippen molar-refractivity contribution in [2.45, 2.75) is 36.6 Å². The van der Waals surface area contributed by atoms with Gasteiger partial charge in [-0.2, -0.15) is 0 Å². The van der Waals surface area contributed by atoms with Crippen LogP contribution in [0.5, 0.6) is 0 Å². The summed E-state index contributed by atoms with van der Waals surface area (Å²) in [4.78, 5) is 3.88. The zero-order valence-corrected chi connectivity index (χ0v) is 8.02. The standard InChI is InChI=1S/C8H13NO4S/c1-3-9-5-7(12)6(11)4(2-10)13-8(5)14-3/h4-8,10-12H,2H2,1H3/t4-,5-,6-,7-,8-/m1/s1/i1D3. The molecule has 2 aliphatic rings. The van der Waals surface area contributed by atoms with E-state index in [0.29, 0.717) is 0 Å². The van der Waals surface area contributed by atoms with Gasteiger partial charge in [0.15, 0.2) is 0 Å². The summed E-state index contributed by atoms with van der Waals surface area (Å²) < 4.78 is 27.0. The molecule has 80 valence electrons. The van der Waals surface area contributed by atoms with Crippen LogP contribution in [0, 0.1) is 0 Å². The van der Waals surface area contributed by atoms with Gasteiger partial charge in [-0.15, -0.1) is 0 Å². The summed E-state index contributed by atoms with van der Waals surface area (Å²) in [6, 6.07) is -0.798. The second kappa shape index (κ2) is 3.79. The molecule has 0 aromatic rings. The Bertz CT molecular complexity index is 337. The van der Waals surface area contributed by atoms with Gasteiger partial charge in [-0.3, -0.25) is 4.99 Å². The van der Waals surface area contributed by atoms with Gasteiger partial charge >= 0.3 is 0 Å². The van der Waals surface area contributed by atoms with E-state index in [0.717, 1.165) is 11.8 Å². The predicted molar refractivity (Wildman–Crippen MR) is 52.2 cm³/mol. The number of rotatable bonds is 1. The number of aliphatic hydroxyl groups excluding tert-OH is 3. The summed E-state index contributed by atoms with van der Waals surface area (Å²) in [5, 5.41) is 28.3. The predicted octanol–water partition coefficient (Wildman–Crippen LogP) is -1.04. The molecule has 2 rings (SSSR count). The van der Waals surface area contributed by atoms with Crippen LogP contribution in [0.15, 0.2) is 4.99 Å². The minimum absolute atomic E-state index is 0.0858. The molecule has 14 heavy (non-hydrogen) atoms. The molecule has 0 aromatic heterocycles. The molecule has 5 nitrogen and oxygen atoms in total. The first kappa shape index (κ1) is 7.19. The minimum Gasteiger partial charge on any atom is -0.394 e. The van der Waals surface area contributed by atoms with Crippen molar-refractivity contribution in [1.29, 1.82) is 0 Å². The number of thioether (sulfide) groups is 1. The third kappa shape index (κ3) is 1.57. The normalized spacial score (nSPS) is 51.5. The largest absolute Gasteiger partial charge is 0.394 e. The summed E-state index contributed by atoms with van der Waals surface area (Å²) >= 11 is 0.909. The number of hydrogen-bond acceptors (Lipinski definition) is 6. The van der Waals surface area contributed by atoms with Crippen LogP contribution in [-0.2, 0) is 4.74 Å². The van der Waals surface area contributed by atoms with Crippen molar-refractivity contribution in [1.82, 2.24) is 0 Å². The Balaban J connectivity index is 2.18. The first-order valence-corrected chi connectivity index (χ1v) is 5.10. The summed E-state index contributed by atoms with van der Waals surface area (Å²) in [5.74, 6) is 0. The van der Waals surface area contributed by atoms with Gasteiger partial charge in [-0.1, -0.05) is 11.8 Å². The average molecular weight is 222 g/mol. The van der Waals surface area contributed by atoms with Crippen LogP contribution in [0.4, 0.5) is 0 Å². The van der Waals surface area contributed by atoms with Gasteiger partial charge in [0.2, 0.25) is 0 Å². The van der Waals surface area contributed by atoms with Gasteiger partial charge in [0.1, 0.15) is 29.8 Å². The number of hydrogen-bond donors (Lipinski definition) is 3. The van der Waals surface area contributed by atoms with E-state index in [9.17, 15) is 10.2 Å². The van der Waals surface area contributed by atoms with Crippen molar-refractivity contribution in [2.75, 3.05) is 6.61 Å². The molecule has 1 saturated heterocycles. The number of fused-ring (bicyclic) bond motifs is 1. The first-order valence-electron chi connectivity index (χ1n) is 5.72. The van der Waals surface area contributed by atoms with Crippen molar-refractivity contribution in [3.63, 3.8) is 0 Å². The molecule has 1 fully saturated rings. The van der Waals surface area contributed by atoms with Crippen LogP contribution >= 0.6 is 11.8 Å². The molecule has 3 N–H and O–H groups in total. The smallest absolute Gasteiger partial charge is 0.134 e. The van der Waals surface area contributed by atoms with Crippen molar-refractivity contribution in [2.24, 2.45) is 4.99 Å². The summed E-state index contributed by atoms with van der Waals surface area (Å²) in [7, 11) is 0. The molecule has 0 aromatic carbocycles. The molecule has 2 aliphatic heterocycles. The van der Waals surface area contributed by atoms with Gasteiger partial charge in [0.05, 0.1) is 11.7 Å². The van der Waals surface area contributed by atoms with E-state index in [1.807, 2.05) is 0 Å². The number of nitrogens with zero attached hydrogens (tertiary/aromatic N) is 1. The second-order valence-corrected chi connectivity index (χ2v) is 4.34. The third-order valence-corrected chi connectivity index (χ3v) is 3.29. The van der Waals surface area contributed by atoms with Crippen molar-refractivity contribution >= 4 is 16.8 Å². The Morgan fingerprint density at radius 3 is 3.00 bits per heavy atom. The van der Waals surface area contributed by atoms with Gasteiger partial charge < -0.3 is 20.1 Å². The fourth-order valence-electron chi connectivity index (χ4n) is 1.58. The SMILES string of the molecule is [2H]C([2H])([2H])C1=N[C@@H]2[C@@H](O)[C@H](O)[C@@H](CO)O[C@@H]2S1. The van der Waals surface area contributed by atoms with Gasteiger partial charge in [-0.25, -0.2) is 0 Å². The van der Waals surface area contributed by atoms with Gasteiger partial charge in [0.25, 0.3) is 0 Å². The maximum absolute atomic E-state index is 9.79. The highest BCUT2D eigenvalue weighted by Crippen LogP contribution is 2.36. The molecule has 2 heterocycles. The molecule has 0 unspecified atom stereocenters. The number of aliphatic imine (C=N–C) groups is 1. The lowest BCUT2D eigenvalue weighted by Crippen LogP contribution is -2.55. The third-order valence-electron chi connectivity index (χ3n) is 2.34. The number of ether oxygens (including phenoxy) is 1. The molecule has 6 heteroatoms. The van der Waals surface area contributed by atoms with Crippen LogP contribution in [0.1, 0.15) is 11.0 Å². The maximum atomic E-state index is 9.79. The average Bonchev–Trinajstić information content (AvgIpc) is 2.67. The molecule has 0 spiro atoms. The van der Waals surface area contributed by atoms with E-state index in [4.69, 9.17) is 14.0 Å². The lowest BCUT2D eigenvalue weighted by atomic mass is 9.99. The molecule has 5 atom stereocenters. The summed E-state index contributed by atoms with van der Waals surface area (Å²) in [6.45, 7) is -2.78. The fraction of sp³-hybridized carbons (Fsp3) is 0.875. The summed E-state index contributed by atoms with van der Waals surface area (Å²) in [6.07, 6.45) is -3.40. The summed E-state index contributed by atoms with van der Waals surface area (Å²) in [5.41, 5.74) is -0.666. The van der Waals surface area contributed by atoms with E-state index < -0.39 is 43.2 Å². The Hall–Kier alpha value is -0.140.